The predicted octanol–water partition coefficient (Wildman–Crippen LogP) is -0.171. The van der Waals surface area contributed by atoms with Crippen molar-refractivity contribution in [1.82, 2.24) is 5.43 Å². The number of hydrogen-bond acceptors (Lipinski definition) is 5. The molecule has 0 aliphatic carbocycles. The minimum atomic E-state index is -0.675. The van der Waals surface area contributed by atoms with E-state index >= 15 is 0 Å². The van der Waals surface area contributed by atoms with Crippen molar-refractivity contribution in [3.8, 4) is 17.2 Å². The van der Waals surface area contributed by atoms with Crippen LogP contribution in [-0.4, -0.2) is 21.2 Å². The van der Waals surface area contributed by atoms with Gasteiger partial charge in [-0.05, 0) is 12.1 Å². The Morgan fingerprint density at radius 3 is 2.00 bits per heavy atom. The summed E-state index contributed by atoms with van der Waals surface area (Å²) in [7, 11) is 0. The highest BCUT2D eigenvalue weighted by Gasteiger charge is 2.11. The smallest absolute Gasteiger partial charge is 0.265 e. The van der Waals surface area contributed by atoms with Crippen LogP contribution in [0.25, 0.3) is 0 Å². The lowest BCUT2D eigenvalue weighted by molar-refractivity contribution is 0.0953. The number of amides is 1. The molecule has 0 aliphatic rings. The molecule has 0 aliphatic heterocycles. The summed E-state index contributed by atoms with van der Waals surface area (Å²) < 4.78 is 0. The Kier molecular flexibility index (Phi) is 4.00. The summed E-state index contributed by atoms with van der Waals surface area (Å²) in [6.07, 6.45) is 0. The lowest BCUT2D eigenvalue weighted by Crippen LogP contribution is -2.29. The first kappa shape index (κ1) is 12.3. The second kappa shape index (κ2) is 4.54. The number of aromatic hydroxyl groups is 3. The van der Waals surface area contributed by atoms with Gasteiger partial charge in [0.25, 0.3) is 5.91 Å². The van der Waals surface area contributed by atoms with Crippen LogP contribution in [-0.2, 0) is 0 Å². The van der Waals surface area contributed by atoms with Gasteiger partial charge >= 0.3 is 0 Å². The molecule has 1 amide bonds. The third kappa shape index (κ3) is 2.18. The van der Waals surface area contributed by atoms with Crippen LogP contribution in [0.4, 0.5) is 0 Å². The zero-order valence-electron chi connectivity index (χ0n) is 6.89. The van der Waals surface area contributed by atoms with E-state index in [4.69, 9.17) is 21.2 Å². The van der Waals surface area contributed by atoms with Crippen molar-refractivity contribution in [3.05, 3.63) is 17.7 Å². The number of nitrogens with one attached hydrogen (secondary N) is 1. The maximum absolute atomic E-state index is 10.9. The summed E-state index contributed by atoms with van der Waals surface area (Å²) in [4.78, 5) is 10.9. The maximum Gasteiger partial charge on any atom is 0.265 e. The number of halogens is 1. The average molecular weight is 221 g/mol. The van der Waals surface area contributed by atoms with Gasteiger partial charge < -0.3 is 15.3 Å². The van der Waals surface area contributed by atoms with E-state index < -0.39 is 23.2 Å². The molecule has 1 aromatic carbocycles. The molecule has 0 spiro atoms. The van der Waals surface area contributed by atoms with E-state index in [1.54, 1.807) is 0 Å². The number of nitrogens with two attached hydrogens (primary N) is 1. The first-order valence-electron chi connectivity index (χ1n) is 3.32. The molecule has 78 valence electrons. The second-order valence-corrected chi connectivity index (χ2v) is 2.34. The van der Waals surface area contributed by atoms with Gasteiger partial charge in [0.1, 0.15) is 0 Å². The normalized spacial score (nSPS) is 8.93. The largest absolute Gasteiger partial charge is 0.504 e. The topological polar surface area (TPSA) is 116 Å². The standard InChI is InChI=1S/C7H8N2O4.ClH/c8-9-7(13)3-1-4(10)6(12)5(11)2-3;/h1-2,10-12H,8H2,(H,9,13);1H. The van der Waals surface area contributed by atoms with Gasteiger partial charge in [-0.2, -0.15) is 0 Å². The maximum atomic E-state index is 10.9. The Balaban J connectivity index is 0.00000169. The van der Waals surface area contributed by atoms with E-state index in [-0.39, 0.29) is 18.0 Å². The molecule has 0 unspecified atom stereocenters. The Labute approximate surface area is 85.4 Å². The number of hydrazine groups is 1. The van der Waals surface area contributed by atoms with Crippen LogP contribution in [0.1, 0.15) is 10.4 Å². The molecule has 0 bridgehead atoms. The number of nitrogen functional groups attached to an aromatic ring is 1. The second-order valence-electron chi connectivity index (χ2n) is 2.34. The summed E-state index contributed by atoms with van der Waals surface area (Å²) >= 11 is 0. The highest BCUT2D eigenvalue weighted by atomic mass is 35.5. The Bertz CT molecular complexity index is 333. The van der Waals surface area contributed by atoms with Crippen molar-refractivity contribution in [2.24, 2.45) is 5.84 Å². The van der Waals surface area contributed by atoms with Crippen molar-refractivity contribution in [2.75, 3.05) is 0 Å². The summed E-state index contributed by atoms with van der Waals surface area (Å²) in [6.45, 7) is 0. The van der Waals surface area contributed by atoms with Gasteiger partial charge in [-0.25, -0.2) is 5.84 Å². The molecular weight excluding hydrogens is 212 g/mol. The molecule has 7 heteroatoms. The third-order valence-corrected chi connectivity index (χ3v) is 1.46. The molecule has 0 fully saturated rings. The molecule has 0 heterocycles. The van der Waals surface area contributed by atoms with E-state index in [0.717, 1.165) is 12.1 Å². The molecule has 1 rings (SSSR count). The SMILES string of the molecule is Cl.NNC(=O)c1cc(O)c(O)c(O)c1. The van der Waals surface area contributed by atoms with Crippen molar-refractivity contribution < 1.29 is 20.1 Å². The van der Waals surface area contributed by atoms with Gasteiger partial charge in [0.05, 0.1) is 0 Å². The number of carbonyl (C=O) groups is 1. The first-order chi connectivity index (χ1) is 6.06. The summed E-state index contributed by atoms with van der Waals surface area (Å²) in [5.41, 5.74) is 1.77. The monoisotopic (exact) mass is 220 g/mol. The fraction of sp³-hybridized carbons (Fsp3) is 0. The minimum Gasteiger partial charge on any atom is -0.504 e. The number of phenolic OH excluding ortho intramolecular Hbond substituents is 3. The van der Waals surface area contributed by atoms with Crippen molar-refractivity contribution in [1.29, 1.82) is 0 Å². The number of rotatable bonds is 1. The van der Waals surface area contributed by atoms with Gasteiger partial charge in [-0.3, -0.25) is 10.2 Å². The zero-order chi connectivity index (χ0) is 10.0. The van der Waals surface area contributed by atoms with Crippen molar-refractivity contribution in [3.63, 3.8) is 0 Å². The van der Waals surface area contributed by atoms with Crippen LogP contribution in [0.3, 0.4) is 0 Å². The van der Waals surface area contributed by atoms with E-state index in [0.29, 0.717) is 0 Å². The van der Waals surface area contributed by atoms with Gasteiger partial charge in [-0.1, -0.05) is 0 Å². The summed E-state index contributed by atoms with van der Waals surface area (Å²) in [5.74, 6) is 2.30. The fourth-order valence-electron chi connectivity index (χ4n) is 0.819. The third-order valence-electron chi connectivity index (χ3n) is 1.46. The highest BCUT2D eigenvalue weighted by Crippen LogP contribution is 2.35. The number of hydrogen-bond donors (Lipinski definition) is 5. The number of phenols is 3. The molecule has 6 N–H and O–H groups in total. The van der Waals surface area contributed by atoms with E-state index in [1.165, 1.54) is 0 Å². The molecule has 0 aromatic heterocycles. The molecule has 0 radical (unpaired) electrons. The quantitative estimate of drug-likeness (QED) is 0.195. The van der Waals surface area contributed by atoms with Crippen LogP contribution < -0.4 is 11.3 Å². The Morgan fingerprint density at radius 1 is 1.21 bits per heavy atom. The van der Waals surface area contributed by atoms with Gasteiger partial charge in [0, 0.05) is 5.56 Å². The average Bonchev–Trinajstić information content (AvgIpc) is 2.12. The fourth-order valence-corrected chi connectivity index (χ4v) is 0.819. The summed E-state index contributed by atoms with van der Waals surface area (Å²) in [6, 6.07) is 1.97. The van der Waals surface area contributed by atoms with Crippen LogP contribution in [0.2, 0.25) is 0 Å². The molecule has 6 nitrogen and oxygen atoms in total. The molecular formula is C7H9ClN2O4. The zero-order valence-corrected chi connectivity index (χ0v) is 7.71. The molecule has 0 saturated heterocycles. The minimum absolute atomic E-state index is 0. The van der Waals surface area contributed by atoms with Crippen LogP contribution in [0.15, 0.2) is 12.1 Å². The molecule has 0 atom stereocenters. The Morgan fingerprint density at radius 2 is 1.64 bits per heavy atom. The molecule has 14 heavy (non-hydrogen) atoms. The van der Waals surface area contributed by atoms with Crippen LogP contribution >= 0.6 is 12.4 Å². The molecule has 1 aromatic rings. The van der Waals surface area contributed by atoms with Gasteiger partial charge in [0.2, 0.25) is 0 Å². The van der Waals surface area contributed by atoms with Crippen LogP contribution in [0.5, 0.6) is 17.2 Å². The van der Waals surface area contributed by atoms with E-state index in [2.05, 4.69) is 0 Å². The summed E-state index contributed by atoms with van der Waals surface area (Å²) in [5, 5.41) is 26.9. The van der Waals surface area contributed by atoms with Crippen molar-refractivity contribution in [2.45, 2.75) is 0 Å². The van der Waals surface area contributed by atoms with Crippen molar-refractivity contribution >= 4 is 18.3 Å². The van der Waals surface area contributed by atoms with Gasteiger partial charge in [-0.15, -0.1) is 12.4 Å². The molecule has 0 saturated carbocycles. The van der Waals surface area contributed by atoms with E-state index in [9.17, 15) is 4.79 Å². The number of benzene rings is 1. The Hall–Kier alpha value is -1.66. The highest BCUT2D eigenvalue weighted by molar-refractivity contribution is 5.95. The van der Waals surface area contributed by atoms with Gasteiger partial charge in [0.15, 0.2) is 17.2 Å². The number of carbonyl (C=O) groups excluding carboxylic acids is 1. The lowest BCUT2D eigenvalue weighted by atomic mass is 10.2. The lowest BCUT2D eigenvalue weighted by Gasteiger charge is -2.03. The van der Waals surface area contributed by atoms with Crippen LogP contribution in [0, 0.1) is 0 Å². The predicted molar refractivity (Wildman–Crippen MR) is 50.3 cm³/mol. The van der Waals surface area contributed by atoms with E-state index in [1.807, 2.05) is 5.43 Å². The first-order valence-corrected chi connectivity index (χ1v) is 3.32.